The van der Waals surface area contributed by atoms with Crippen molar-refractivity contribution in [2.45, 2.75) is 13.5 Å². The van der Waals surface area contributed by atoms with E-state index in [9.17, 15) is 18.8 Å². The number of rotatable bonds is 7. The van der Waals surface area contributed by atoms with Crippen LogP contribution in [0, 0.1) is 12.7 Å². The van der Waals surface area contributed by atoms with Gasteiger partial charge in [0.2, 0.25) is 5.91 Å². The van der Waals surface area contributed by atoms with Gasteiger partial charge in [0, 0.05) is 16.3 Å². The molecule has 0 radical (unpaired) electrons. The lowest BCUT2D eigenvalue weighted by molar-refractivity contribution is -0.127. The van der Waals surface area contributed by atoms with E-state index in [-0.39, 0.29) is 17.3 Å². The van der Waals surface area contributed by atoms with Crippen LogP contribution in [0.15, 0.2) is 71.6 Å². The van der Waals surface area contributed by atoms with Gasteiger partial charge in [0.25, 0.3) is 11.1 Å². The van der Waals surface area contributed by atoms with Gasteiger partial charge in [-0.2, -0.15) is 0 Å². The Labute approximate surface area is 210 Å². The quantitative estimate of drug-likeness (QED) is 0.392. The summed E-state index contributed by atoms with van der Waals surface area (Å²) in [7, 11) is 0. The lowest BCUT2D eigenvalue weighted by Crippen LogP contribution is -2.36. The van der Waals surface area contributed by atoms with Crippen LogP contribution in [0.25, 0.3) is 6.08 Å². The number of hydrogen-bond donors (Lipinski definition) is 1. The van der Waals surface area contributed by atoms with Gasteiger partial charge in [0.05, 0.1) is 4.91 Å². The summed E-state index contributed by atoms with van der Waals surface area (Å²) in [5.74, 6) is -0.910. The van der Waals surface area contributed by atoms with E-state index in [4.69, 9.17) is 16.3 Å². The third kappa shape index (κ3) is 6.09. The number of ether oxygens (including phenoxy) is 1. The summed E-state index contributed by atoms with van der Waals surface area (Å²) in [5, 5.41) is 2.61. The zero-order chi connectivity index (χ0) is 24.9. The van der Waals surface area contributed by atoms with Gasteiger partial charge < -0.3 is 10.1 Å². The van der Waals surface area contributed by atoms with Crippen LogP contribution < -0.4 is 10.1 Å². The molecule has 1 aliphatic rings. The van der Waals surface area contributed by atoms with Crippen LogP contribution in [0.4, 0.5) is 14.9 Å². The Morgan fingerprint density at radius 2 is 1.86 bits per heavy atom. The van der Waals surface area contributed by atoms with Crippen LogP contribution >= 0.6 is 23.4 Å². The monoisotopic (exact) mass is 510 g/mol. The summed E-state index contributed by atoms with van der Waals surface area (Å²) in [6.07, 6.45) is 1.56. The smallest absolute Gasteiger partial charge is 0.294 e. The topological polar surface area (TPSA) is 75.7 Å². The maximum absolute atomic E-state index is 13.1. The summed E-state index contributed by atoms with van der Waals surface area (Å²) in [5.41, 5.74) is 2.69. The maximum atomic E-state index is 13.1. The second kappa shape index (κ2) is 10.8. The summed E-state index contributed by atoms with van der Waals surface area (Å²) in [6.45, 7) is 1.59. The molecule has 1 heterocycles. The number of aryl methyl sites for hydroxylation is 1. The zero-order valence-electron chi connectivity index (χ0n) is 18.6. The number of nitrogens with one attached hydrogen (secondary N) is 1. The predicted octanol–water partition coefficient (Wildman–Crippen LogP) is 6.04. The van der Waals surface area contributed by atoms with Crippen molar-refractivity contribution in [2.75, 3.05) is 11.9 Å². The second-order valence-electron chi connectivity index (χ2n) is 7.73. The molecule has 0 aliphatic carbocycles. The molecule has 0 unspecified atom stereocenters. The Balaban J connectivity index is 1.45. The molecule has 0 saturated carbocycles. The Hall–Kier alpha value is -3.62. The number of nitrogens with zero attached hydrogens (tertiary/aromatic N) is 1. The summed E-state index contributed by atoms with van der Waals surface area (Å²) < 4.78 is 19.0. The van der Waals surface area contributed by atoms with Crippen molar-refractivity contribution in [3.63, 3.8) is 0 Å². The van der Waals surface area contributed by atoms with Crippen LogP contribution in [-0.4, -0.2) is 28.5 Å². The molecule has 0 spiro atoms. The van der Waals surface area contributed by atoms with Crippen LogP contribution in [0.5, 0.6) is 5.75 Å². The van der Waals surface area contributed by atoms with Gasteiger partial charge in [-0.25, -0.2) is 4.39 Å². The Morgan fingerprint density at radius 3 is 2.63 bits per heavy atom. The number of carbonyl (C=O) groups is 3. The highest BCUT2D eigenvalue weighted by Crippen LogP contribution is 2.34. The molecule has 3 aromatic carbocycles. The highest BCUT2D eigenvalue weighted by atomic mass is 35.5. The van der Waals surface area contributed by atoms with Crippen LogP contribution in [0.2, 0.25) is 5.02 Å². The molecule has 178 valence electrons. The van der Waals surface area contributed by atoms with E-state index in [0.717, 1.165) is 27.8 Å². The molecule has 0 bridgehead atoms. The first kappa shape index (κ1) is 24.5. The molecule has 6 nitrogen and oxygen atoms in total. The number of para-hydroxylation sites is 1. The Kier molecular flexibility index (Phi) is 7.53. The number of benzene rings is 3. The largest absolute Gasteiger partial charge is 0.488 e. The number of halogens is 2. The molecule has 1 fully saturated rings. The van der Waals surface area contributed by atoms with Crippen LogP contribution in [0.1, 0.15) is 16.7 Å². The van der Waals surface area contributed by atoms with E-state index in [1.54, 1.807) is 60.7 Å². The number of hydrogen-bond acceptors (Lipinski definition) is 5. The molecule has 3 amide bonds. The second-order valence-corrected chi connectivity index (χ2v) is 9.16. The van der Waals surface area contributed by atoms with Gasteiger partial charge in [-0.05, 0) is 66.2 Å². The van der Waals surface area contributed by atoms with E-state index in [2.05, 4.69) is 5.32 Å². The minimum Gasteiger partial charge on any atom is -0.488 e. The molecule has 3 aromatic rings. The van der Waals surface area contributed by atoms with Crippen LogP contribution in [-0.2, 0) is 16.2 Å². The van der Waals surface area contributed by atoms with E-state index < -0.39 is 23.6 Å². The van der Waals surface area contributed by atoms with Gasteiger partial charge in [0.1, 0.15) is 24.7 Å². The minimum atomic E-state index is -0.564. The molecule has 1 saturated heterocycles. The summed E-state index contributed by atoms with van der Waals surface area (Å²) in [4.78, 5) is 39.0. The fraction of sp³-hybridized carbons (Fsp3) is 0.115. The highest BCUT2D eigenvalue weighted by Gasteiger charge is 2.36. The number of amides is 3. The van der Waals surface area contributed by atoms with Crippen molar-refractivity contribution in [3.8, 4) is 5.75 Å². The Morgan fingerprint density at radius 1 is 1.11 bits per heavy atom. The number of carbonyl (C=O) groups excluding carboxylic acids is 3. The normalized spacial score (nSPS) is 14.5. The Bertz CT molecular complexity index is 1330. The number of anilines is 1. The van der Waals surface area contributed by atoms with E-state index in [1.165, 1.54) is 12.1 Å². The SMILES string of the molecule is Cc1ccc(Cl)cc1NC(=O)CN1C(=O)S/C(=C\c2ccccc2OCc2ccc(F)cc2)C1=O. The standard InChI is InChI=1S/C26H20ClFN2O4S/c1-16-6-9-19(27)13-21(16)29-24(31)14-30-25(32)23(35-26(30)33)12-18-4-2-3-5-22(18)34-15-17-7-10-20(28)11-8-17/h2-13H,14-15H2,1H3,(H,29,31)/b23-12-. The third-order valence-electron chi connectivity index (χ3n) is 5.16. The first-order chi connectivity index (χ1) is 16.8. The lowest BCUT2D eigenvalue weighted by atomic mass is 10.1. The maximum Gasteiger partial charge on any atom is 0.294 e. The lowest BCUT2D eigenvalue weighted by Gasteiger charge is -2.14. The highest BCUT2D eigenvalue weighted by molar-refractivity contribution is 8.18. The third-order valence-corrected chi connectivity index (χ3v) is 6.30. The predicted molar refractivity (Wildman–Crippen MR) is 135 cm³/mol. The molecule has 0 atom stereocenters. The molecule has 0 aromatic heterocycles. The fourth-order valence-corrected chi connectivity index (χ4v) is 4.31. The van der Waals surface area contributed by atoms with Crippen molar-refractivity contribution in [1.82, 2.24) is 4.90 Å². The fourth-order valence-electron chi connectivity index (χ4n) is 3.31. The number of thioether (sulfide) groups is 1. The van der Waals surface area contributed by atoms with Gasteiger partial charge >= 0.3 is 0 Å². The van der Waals surface area contributed by atoms with Gasteiger partial charge in [-0.1, -0.05) is 48.0 Å². The molecule has 1 aliphatic heterocycles. The van der Waals surface area contributed by atoms with Crippen molar-refractivity contribution >= 4 is 52.2 Å². The first-order valence-corrected chi connectivity index (χ1v) is 11.8. The average molecular weight is 511 g/mol. The van der Waals surface area contributed by atoms with Gasteiger partial charge in [0.15, 0.2) is 0 Å². The minimum absolute atomic E-state index is 0.180. The molecule has 35 heavy (non-hydrogen) atoms. The van der Waals surface area contributed by atoms with Crippen molar-refractivity contribution in [2.24, 2.45) is 0 Å². The molecular weight excluding hydrogens is 491 g/mol. The zero-order valence-corrected chi connectivity index (χ0v) is 20.2. The first-order valence-electron chi connectivity index (χ1n) is 10.6. The molecule has 1 N–H and O–H groups in total. The van der Waals surface area contributed by atoms with E-state index >= 15 is 0 Å². The molecule has 9 heteroatoms. The number of imide groups is 1. The van der Waals surface area contributed by atoms with E-state index in [0.29, 0.717) is 22.0 Å². The molecular formula is C26H20ClFN2O4S. The van der Waals surface area contributed by atoms with Crippen molar-refractivity contribution in [1.29, 1.82) is 0 Å². The van der Waals surface area contributed by atoms with Crippen LogP contribution in [0.3, 0.4) is 0 Å². The summed E-state index contributed by atoms with van der Waals surface area (Å²) in [6, 6.07) is 18.1. The van der Waals surface area contributed by atoms with Crippen molar-refractivity contribution in [3.05, 3.63) is 99.2 Å². The summed E-state index contributed by atoms with van der Waals surface area (Å²) >= 11 is 6.74. The van der Waals surface area contributed by atoms with Crippen molar-refractivity contribution < 1.29 is 23.5 Å². The van der Waals surface area contributed by atoms with Gasteiger partial charge in [-0.3, -0.25) is 19.3 Å². The molecule has 4 rings (SSSR count). The van der Waals surface area contributed by atoms with E-state index in [1.807, 2.05) is 6.92 Å². The average Bonchev–Trinajstić information content (AvgIpc) is 3.09. The van der Waals surface area contributed by atoms with Gasteiger partial charge in [-0.15, -0.1) is 0 Å².